The molecule has 0 spiro atoms. The van der Waals surface area contributed by atoms with Crippen LogP contribution in [0.2, 0.25) is 0 Å². The lowest BCUT2D eigenvalue weighted by atomic mass is 10.0. The van der Waals surface area contributed by atoms with Crippen molar-refractivity contribution in [3.8, 4) is 5.88 Å². The Bertz CT molecular complexity index is 1070. The van der Waals surface area contributed by atoms with E-state index in [1.165, 1.54) is 15.7 Å². The first kappa shape index (κ1) is 16.9. The predicted molar refractivity (Wildman–Crippen MR) is 107 cm³/mol. The van der Waals surface area contributed by atoms with Crippen molar-refractivity contribution >= 4 is 16.9 Å². The molecule has 1 aromatic heterocycles. The van der Waals surface area contributed by atoms with Gasteiger partial charge in [0.1, 0.15) is 6.61 Å². The zero-order valence-corrected chi connectivity index (χ0v) is 14.8. The third-order valence-corrected chi connectivity index (χ3v) is 4.56. The zero-order valence-electron chi connectivity index (χ0n) is 14.8. The quantitative estimate of drug-likeness (QED) is 0.561. The molecule has 1 heterocycles. The van der Waals surface area contributed by atoms with Crippen molar-refractivity contribution in [3.05, 3.63) is 102 Å². The average molecular weight is 356 g/mol. The number of rotatable bonds is 5. The van der Waals surface area contributed by atoms with Gasteiger partial charge in [-0.2, -0.15) is 0 Å². The van der Waals surface area contributed by atoms with Gasteiger partial charge in [0.2, 0.25) is 5.88 Å². The Kier molecular flexibility index (Phi) is 4.62. The standard InChI is InChI=1S/C23H20N2O2/c24-23(26)25-21-9-5-4-8-20(21)15-22(25)27-16-19-12-10-18(11-13-19)14-17-6-2-1-3-7-17/h1-13,15H,14,16H2,(H2,24,26). The van der Waals surface area contributed by atoms with Gasteiger partial charge in [-0.3, -0.25) is 0 Å². The fourth-order valence-electron chi connectivity index (χ4n) is 3.21. The van der Waals surface area contributed by atoms with Crippen molar-refractivity contribution < 1.29 is 9.53 Å². The van der Waals surface area contributed by atoms with Gasteiger partial charge in [0.15, 0.2) is 0 Å². The number of aromatic nitrogens is 1. The van der Waals surface area contributed by atoms with Gasteiger partial charge in [-0.05, 0) is 29.2 Å². The van der Waals surface area contributed by atoms with E-state index >= 15 is 0 Å². The molecule has 0 radical (unpaired) electrons. The Morgan fingerprint density at radius 2 is 1.44 bits per heavy atom. The molecular weight excluding hydrogens is 336 g/mol. The summed E-state index contributed by atoms with van der Waals surface area (Å²) in [5.74, 6) is 0.456. The lowest BCUT2D eigenvalue weighted by Crippen LogP contribution is -2.20. The van der Waals surface area contributed by atoms with Gasteiger partial charge >= 0.3 is 6.03 Å². The number of nitrogens with two attached hydrogens (primary N) is 1. The van der Waals surface area contributed by atoms with Crippen molar-refractivity contribution in [2.75, 3.05) is 0 Å². The summed E-state index contributed by atoms with van der Waals surface area (Å²) >= 11 is 0. The number of hydrogen-bond donors (Lipinski definition) is 1. The third kappa shape index (κ3) is 3.70. The van der Waals surface area contributed by atoms with Gasteiger partial charge in [0.25, 0.3) is 0 Å². The van der Waals surface area contributed by atoms with E-state index in [9.17, 15) is 4.79 Å². The van der Waals surface area contributed by atoms with Crippen LogP contribution in [0.1, 0.15) is 16.7 Å². The molecule has 134 valence electrons. The first-order valence-corrected chi connectivity index (χ1v) is 8.85. The van der Waals surface area contributed by atoms with E-state index in [0.717, 1.165) is 22.9 Å². The summed E-state index contributed by atoms with van der Waals surface area (Å²) < 4.78 is 7.29. The molecule has 3 aromatic carbocycles. The Balaban J connectivity index is 1.48. The Morgan fingerprint density at radius 1 is 0.815 bits per heavy atom. The van der Waals surface area contributed by atoms with E-state index in [1.807, 2.05) is 36.4 Å². The van der Waals surface area contributed by atoms with E-state index < -0.39 is 6.03 Å². The van der Waals surface area contributed by atoms with Crippen molar-refractivity contribution in [1.29, 1.82) is 0 Å². The topological polar surface area (TPSA) is 57.2 Å². The fraction of sp³-hybridized carbons (Fsp3) is 0.0870. The summed E-state index contributed by atoms with van der Waals surface area (Å²) in [4.78, 5) is 11.8. The van der Waals surface area contributed by atoms with Gasteiger partial charge < -0.3 is 10.5 Å². The SMILES string of the molecule is NC(=O)n1c(OCc2ccc(Cc3ccccc3)cc2)cc2ccccc21. The molecule has 4 nitrogen and oxygen atoms in total. The number of amides is 1. The number of primary amides is 1. The average Bonchev–Trinajstić information content (AvgIpc) is 3.07. The highest BCUT2D eigenvalue weighted by molar-refractivity contribution is 5.93. The van der Waals surface area contributed by atoms with Crippen LogP contribution in [0, 0.1) is 0 Å². The van der Waals surface area contributed by atoms with Crippen molar-refractivity contribution in [2.24, 2.45) is 5.73 Å². The van der Waals surface area contributed by atoms with Crippen LogP contribution in [0.5, 0.6) is 5.88 Å². The summed E-state index contributed by atoms with van der Waals surface area (Å²) in [6, 6.07) is 27.5. The van der Waals surface area contributed by atoms with E-state index in [2.05, 4.69) is 48.5 Å². The first-order valence-electron chi connectivity index (χ1n) is 8.85. The number of fused-ring (bicyclic) bond motifs is 1. The van der Waals surface area contributed by atoms with Crippen LogP contribution in [0.15, 0.2) is 84.9 Å². The lowest BCUT2D eigenvalue weighted by molar-refractivity contribution is 0.241. The second-order valence-corrected chi connectivity index (χ2v) is 6.48. The van der Waals surface area contributed by atoms with Crippen LogP contribution in [-0.4, -0.2) is 10.6 Å². The molecule has 0 saturated heterocycles. The summed E-state index contributed by atoms with van der Waals surface area (Å²) in [5.41, 5.74) is 9.85. The van der Waals surface area contributed by atoms with E-state index in [-0.39, 0.29) is 0 Å². The Labute approximate surface area is 157 Å². The van der Waals surface area contributed by atoms with Crippen LogP contribution in [-0.2, 0) is 13.0 Å². The van der Waals surface area contributed by atoms with Crippen molar-refractivity contribution in [3.63, 3.8) is 0 Å². The van der Waals surface area contributed by atoms with Gasteiger partial charge in [-0.1, -0.05) is 72.8 Å². The molecule has 0 aliphatic carbocycles. The summed E-state index contributed by atoms with van der Waals surface area (Å²) in [6.07, 6.45) is 0.901. The molecule has 0 aliphatic rings. The predicted octanol–water partition coefficient (Wildman–Crippen LogP) is 4.74. The molecule has 4 heteroatoms. The maximum atomic E-state index is 11.8. The summed E-state index contributed by atoms with van der Waals surface area (Å²) in [7, 11) is 0. The van der Waals surface area contributed by atoms with Gasteiger partial charge in [-0.25, -0.2) is 9.36 Å². The Hall–Kier alpha value is -3.53. The maximum Gasteiger partial charge on any atom is 0.326 e. The van der Waals surface area contributed by atoms with Gasteiger partial charge in [0.05, 0.1) is 5.52 Å². The molecular formula is C23H20N2O2. The highest BCUT2D eigenvalue weighted by Gasteiger charge is 2.13. The number of benzene rings is 3. The molecule has 0 atom stereocenters. The first-order chi connectivity index (χ1) is 13.2. The maximum absolute atomic E-state index is 11.8. The second-order valence-electron chi connectivity index (χ2n) is 6.48. The number of para-hydroxylation sites is 1. The van der Waals surface area contributed by atoms with Crippen LogP contribution >= 0.6 is 0 Å². The smallest absolute Gasteiger partial charge is 0.326 e. The second kappa shape index (κ2) is 7.38. The molecule has 1 amide bonds. The molecule has 0 saturated carbocycles. The Morgan fingerprint density at radius 3 is 2.19 bits per heavy atom. The van der Waals surface area contributed by atoms with Crippen molar-refractivity contribution in [2.45, 2.75) is 13.0 Å². The highest BCUT2D eigenvalue weighted by Crippen LogP contribution is 2.25. The largest absolute Gasteiger partial charge is 0.474 e. The number of carbonyl (C=O) groups excluding carboxylic acids is 1. The normalized spacial score (nSPS) is 10.8. The summed E-state index contributed by atoms with van der Waals surface area (Å²) in [5, 5.41) is 0.921. The van der Waals surface area contributed by atoms with E-state index in [0.29, 0.717) is 12.5 Å². The lowest BCUT2D eigenvalue weighted by Gasteiger charge is -2.09. The van der Waals surface area contributed by atoms with Crippen molar-refractivity contribution in [1.82, 2.24) is 4.57 Å². The minimum Gasteiger partial charge on any atom is -0.474 e. The highest BCUT2D eigenvalue weighted by atomic mass is 16.5. The zero-order chi connectivity index (χ0) is 18.6. The molecule has 0 aliphatic heterocycles. The number of nitrogens with zero attached hydrogens (tertiary/aromatic N) is 1. The number of ether oxygens (including phenoxy) is 1. The molecule has 0 bridgehead atoms. The minimum absolute atomic E-state index is 0.370. The molecule has 0 fully saturated rings. The molecule has 4 rings (SSSR count). The monoisotopic (exact) mass is 356 g/mol. The fourth-order valence-corrected chi connectivity index (χ4v) is 3.21. The minimum atomic E-state index is -0.551. The van der Waals surface area contributed by atoms with Crippen LogP contribution in [0.3, 0.4) is 0 Å². The van der Waals surface area contributed by atoms with Crippen LogP contribution < -0.4 is 10.5 Å². The van der Waals surface area contributed by atoms with E-state index in [4.69, 9.17) is 10.5 Å². The molecule has 2 N–H and O–H groups in total. The molecule has 4 aromatic rings. The van der Waals surface area contributed by atoms with Gasteiger partial charge in [-0.15, -0.1) is 0 Å². The van der Waals surface area contributed by atoms with E-state index in [1.54, 1.807) is 0 Å². The third-order valence-electron chi connectivity index (χ3n) is 4.56. The summed E-state index contributed by atoms with van der Waals surface area (Å²) in [6.45, 7) is 0.370. The van der Waals surface area contributed by atoms with Crippen LogP contribution in [0.25, 0.3) is 10.9 Å². The number of hydrogen-bond acceptors (Lipinski definition) is 2. The van der Waals surface area contributed by atoms with Crippen LogP contribution in [0.4, 0.5) is 4.79 Å². The van der Waals surface area contributed by atoms with Gasteiger partial charge in [0, 0.05) is 11.5 Å². The molecule has 0 unspecified atom stereocenters. The number of carbonyl (C=O) groups is 1. The molecule has 27 heavy (non-hydrogen) atoms.